The van der Waals surface area contributed by atoms with Gasteiger partial charge in [0.25, 0.3) is 17.0 Å². The van der Waals surface area contributed by atoms with E-state index in [1.807, 2.05) is 0 Å². The van der Waals surface area contributed by atoms with Gasteiger partial charge in [-0.1, -0.05) is 29.5 Å². The van der Waals surface area contributed by atoms with Crippen molar-refractivity contribution in [1.82, 2.24) is 14.6 Å². The number of aromatic nitrogens is 3. The molecule has 3 heterocycles. The minimum atomic E-state index is -0.568. The summed E-state index contributed by atoms with van der Waals surface area (Å²) in [6, 6.07) is 12.0. The van der Waals surface area contributed by atoms with Crippen LogP contribution in [0.5, 0.6) is 0 Å². The minimum absolute atomic E-state index is 0.0659. The number of para-hydroxylation sites is 1. The Balaban J connectivity index is 1.59. The molecule has 33 heavy (non-hydrogen) atoms. The number of nitrogens with one attached hydrogen (secondary N) is 1. The summed E-state index contributed by atoms with van der Waals surface area (Å²) in [5.74, 6) is -1.46. The Bertz CT molecular complexity index is 1630. The molecule has 9 nitrogen and oxygen atoms in total. The summed E-state index contributed by atoms with van der Waals surface area (Å²) in [4.78, 5) is 56.0. The van der Waals surface area contributed by atoms with E-state index in [1.165, 1.54) is 36.1 Å². The van der Waals surface area contributed by atoms with Crippen LogP contribution in [0.4, 0.5) is 15.8 Å². The standard InChI is InChI=1S/C22H14FN5O4S/c1-11-19(30)25-22-28(26-11)21(32)18(33-22)17-14-4-2-3-5-15(14)27(20(17)31)10-16(29)24-13-8-6-12(23)7-9-13/h2-9H,10H2,1H3,(H,24,29)/b18-17-. The van der Waals surface area contributed by atoms with E-state index in [0.29, 0.717) is 16.9 Å². The first-order chi connectivity index (χ1) is 15.8. The van der Waals surface area contributed by atoms with Crippen LogP contribution in [0.1, 0.15) is 11.3 Å². The molecule has 0 bridgehead atoms. The fraction of sp³-hybridized carbons (Fsp3) is 0.0909. The van der Waals surface area contributed by atoms with Crippen LogP contribution in [0.25, 0.3) is 10.5 Å². The molecule has 2 aromatic heterocycles. The molecule has 4 aromatic rings. The van der Waals surface area contributed by atoms with Gasteiger partial charge in [-0.15, -0.1) is 0 Å². The van der Waals surface area contributed by atoms with Crippen molar-refractivity contribution in [3.8, 4) is 0 Å². The Morgan fingerprint density at radius 3 is 2.58 bits per heavy atom. The molecule has 0 aliphatic carbocycles. The zero-order valence-electron chi connectivity index (χ0n) is 17.0. The highest BCUT2D eigenvalue weighted by Gasteiger charge is 2.35. The van der Waals surface area contributed by atoms with Gasteiger partial charge in [0.15, 0.2) is 0 Å². The number of benzene rings is 2. The smallest absolute Gasteiger partial charge is 0.295 e. The van der Waals surface area contributed by atoms with Gasteiger partial charge in [-0.2, -0.15) is 14.6 Å². The van der Waals surface area contributed by atoms with Crippen molar-refractivity contribution >= 4 is 45.1 Å². The van der Waals surface area contributed by atoms with Gasteiger partial charge in [0.1, 0.15) is 22.6 Å². The monoisotopic (exact) mass is 463 g/mol. The lowest BCUT2D eigenvalue weighted by Crippen LogP contribution is -2.37. The molecule has 1 N–H and O–H groups in total. The number of halogens is 1. The van der Waals surface area contributed by atoms with Crippen LogP contribution >= 0.6 is 11.3 Å². The minimum Gasteiger partial charge on any atom is -0.325 e. The van der Waals surface area contributed by atoms with Gasteiger partial charge in [0, 0.05) is 11.3 Å². The molecule has 0 saturated heterocycles. The number of fused-ring (bicyclic) bond motifs is 2. The van der Waals surface area contributed by atoms with Gasteiger partial charge >= 0.3 is 0 Å². The van der Waals surface area contributed by atoms with Gasteiger partial charge in [-0.3, -0.25) is 24.1 Å². The van der Waals surface area contributed by atoms with E-state index in [-0.39, 0.29) is 27.3 Å². The second kappa shape index (κ2) is 7.71. The van der Waals surface area contributed by atoms with Gasteiger partial charge in [-0.05, 0) is 37.3 Å². The van der Waals surface area contributed by atoms with E-state index in [1.54, 1.807) is 24.3 Å². The Hall–Kier alpha value is -4.25. The maximum atomic E-state index is 13.4. The quantitative estimate of drug-likeness (QED) is 0.482. The third-order valence-corrected chi connectivity index (χ3v) is 6.13. The highest BCUT2D eigenvalue weighted by molar-refractivity contribution is 7.15. The molecule has 0 radical (unpaired) electrons. The van der Waals surface area contributed by atoms with Gasteiger partial charge < -0.3 is 5.32 Å². The van der Waals surface area contributed by atoms with Gasteiger partial charge in [-0.25, -0.2) is 4.39 Å². The first-order valence-corrected chi connectivity index (χ1v) is 10.6. The molecule has 0 spiro atoms. The molecule has 11 heteroatoms. The van der Waals surface area contributed by atoms with Crippen molar-refractivity contribution in [2.75, 3.05) is 16.8 Å². The average molecular weight is 463 g/mol. The van der Waals surface area contributed by atoms with Crippen LogP contribution < -0.4 is 25.9 Å². The topological polar surface area (TPSA) is 114 Å². The van der Waals surface area contributed by atoms with Crippen LogP contribution in [0, 0.1) is 12.7 Å². The maximum absolute atomic E-state index is 13.4. The third-order valence-electron chi connectivity index (χ3n) is 5.10. The summed E-state index contributed by atoms with van der Waals surface area (Å²) in [5, 5.41) is 6.60. The van der Waals surface area contributed by atoms with E-state index in [2.05, 4.69) is 15.4 Å². The lowest BCUT2D eigenvalue weighted by Gasteiger charge is -2.16. The highest BCUT2D eigenvalue weighted by Crippen LogP contribution is 2.35. The summed E-state index contributed by atoms with van der Waals surface area (Å²) in [6.45, 7) is 1.13. The highest BCUT2D eigenvalue weighted by atomic mass is 32.1. The van der Waals surface area contributed by atoms with Crippen molar-refractivity contribution in [2.45, 2.75) is 6.92 Å². The number of nitrogens with zero attached hydrogens (tertiary/aromatic N) is 4. The molecule has 0 saturated carbocycles. The maximum Gasteiger partial charge on any atom is 0.295 e. The zero-order valence-corrected chi connectivity index (χ0v) is 17.9. The van der Waals surface area contributed by atoms with Crippen molar-refractivity contribution in [3.63, 3.8) is 0 Å². The van der Waals surface area contributed by atoms with E-state index >= 15 is 0 Å². The molecule has 5 rings (SSSR count). The van der Waals surface area contributed by atoms with E-state index < -0.39 is 28.8 Å². The third kappa shape index (κ3) is 3.48. The van der Waals surface area contributed by atoms with Crippen molar-refractivity contribution < 1.29 is 14.0 Å². The van der Waals surface area contributed by atoms with Crippen LogP contribution in [0.2, 0.25) is 0 Å². The number of amides is 2. The number of carbonyl (C=O) groups is 2. The summed E-state index contributed by atoms with van der Waals surface area (Å²) in [5.41, 5.74) is 0.403. The van der Waals surface area contributed by atoms with Gasteiger partial charge in [0.05, 0.1) is 11.3 Å². The average Bonchev–Trinajstić information content (AvgIpc) is 3.24. The summed E-state index contributed by atoms with van der Waals surface area (Å²) in [6.07, 6.45) is 0. The fourth-order valence-corrected chi connectivity index (χ4v) is 4.57. The number of rotatable bonds is 3. The van der Waals surface area contributed by atoms with Crippen LogP contribution in [0.15, 0.2) is 58.1 Å². The van der Waals surface area contributed by atoms with Crippen molar-refractivity contribution in [2.24, 2.45) is 0 Å². The number of hydrogen-bond donors (Lipinski definition) is 1. The molecule has 0 unspecified atom stereocenters. The predicted octanol–water partition coefficient (Wildman–Crippen LogP) is 0.862. The van der Waals surface area contributed by atoms with Crippen LogP contribution in [-0.2, 0) is 9.59 Å². The molecule has 0 atom stereocenters. The SMILES string of the molecule is Cc1nn2c(=O)/c(=C3/C(=O)N(CC(=O)Nc4ccc(F)cc4)c4ccccc43)sc2nc1=O. The second-order valence-electron chi connectivity index (χ2n) is 7.27. The molecule has 0 fully saturated rings. The number of thiazole rings is 1. The zero-order chi connectivity index (χ0) is 23.3. The summed E-state index contributed by atoms with van der Waals surface area (Å²) in [7, 11) is 0. The normalized spacial score (nSPS) is 14.6. The molecule has 1 aliphatic heterocycles. The lowest BCUT2D eigenvalue weighted by molar-refractivity contribution is -0.118. The Kier molecular flexibility index (Phi) is 4.82. The van der Waals surface area contributed by atoms with E-state index in [4.69, 9.17) is 0 Å². The number of hydrogen-bond acceptors (Lipinski definition) is 7. The summed E-state index contributed by atoms with van der Waals surface area (Å²) >= 11 is 0.893. The summed E-state index contributed by atoms with van der Waals surface area (Å²) < 4.78 is 14.2. The first kappa shape index (κ1) is 20.6. The largest absolute Gasteiger partial charge is 0.325 e. The molecule has 2 amide bonds. The fourth-order valence-electron chi connectivity index (χ4n) is 3.57. The Morgan fingerprint density at radius 1 is 1.09 bits per heavy atom. The molecular weight excluding hydrogens is 449 g/mol. The predicted molar refractivity (Wildman–Crippen MR) is 120 cm³/mol. The van der Waals surface area contributed by atoms with Crippen LogP contribution in [-0.4, -0.2) is 33.0 Å². The lowest BCUT2D eigenvalue weighted by atomic mass is 10.1. The molecule has 164 valence electrons. The van der Waals surface area contributed by atoms with E-state index in [9.17, 15) is 23.6 Å². The van der Waals surface area contributed by atoms with Gasteiger partial charge in [0.2, 0.25) is 10.9 Å². The molecule has 2 aromatic carbocycles. The van der Waals surface area contributed by atoms with Crippen LogP contribution in [0.3, 0.4) is 0 Å². The molecule has 1 aliphatic rings. The Morgan fingerprint density at radius 2 is 1.82 bits per heavy atom. The van der Waals surface area contributed by atoms with Crippen molar-refractivity contribution in [3.05, 3.63) is 90.8 Å². The second-order valence-corrected chi connectivity index (χ2v) is 8.25. The Labute approximate surface area is 188 Å². The number of carbonyl (C=O) groups excluding carboxylic acids is 2. The first-order valence-electron chi connectivity index (χ1n) is 9.75. The number of aryl methyl sites for hydroxylation is 1. The van der Waals surface area contributed by atoms with Crippen molar-refractivity contribution in [1.29, 1.82) is 0 Å². The molecular formula is C22H14FN5O4S. The number of anilines is 2. The van der Waals surface area contributed by atoms with E-state index in [0.717, 1.165) is 15.9 Å².